The first-order chi connectivity index (χ1) is 13.6. The summed E-state index contributed by atoms with van der Waals surface area (Å²) in [7, 11) is 1.62. The maximum absolute atomic E-state index is 12.6. The van der Waals surface area contributed by atoms with Crippen LogP contribution in [0.5, 0.6) is 11.5 Å². The molecule has 5 nitrogen and oxygen atoms in total. The molecule has 0 N–H and O–H groups in total. The molecule has 0 saturated carbocycles. The predicted octanol–water partition coefficient (Wildman–Crippen LogP) is 4.27. The fourth-order valence-electron chi connectivity index (χ4n) is 2.79. The van der Waals surface area contributed by atoms with E-state index in [1.54, 1.807) is 42.4 Å². The third-order valence-corrected chi connectivity index (χ3v) is 4.29. The van der Waals surface area contributed by atoms with Crippen molar-refractivity contribution in [3.05, 3.63) is 72.3 Å². The van der Waals surface area contributed by atoms with Gasteiger partial charge in [0.15, 0.2) is 5.78 Å². The number of Topliss-reactive ketones (excluding diaryl/α,β-unsaturated/α-hetero) is 1. The number of rotatable bonds is 11. The predicted molar refractivity (Wildman–Crippen MR) is 110 cm³/mol. The molecule has 0 bridgehead atoms. The average Bonchev–Trinajstić information content (AvgIpc) is 2.72. The van der Waals surface area contributed by atoms with Crippen LogP contribution >= 0.6 is 0 Å². The Balaban J connectivity index is 1.93. The fraction of sp³-hybridized carbons (Fsp3) is 0.304. The number of carbonyl (C=O) groups is 2. The standard InChI is InChI=1S/C23H27NO4/c1-4-16-24(17-18-6-10-20(27-3)11-7-18)23(26)15-14-22(25)19-8-12-21(13-9-19)28-5-2/h4,6-13H,1,5,14-17H2,2-3H3. The van der Waals surface area contributed by atoms with E-state index in [-0.39, 0.29) is 24.5 Å². The zero-order valence-corrected chi connectivity index (χ0v) is 16.5. The Hall–Kier alpha value is -3.08. The lowest BCUT2D eigenvalue weighted by Gasteiger charge is -2.21. The van der Waals surface area contributed by atoms with Crippen LogP contribution in [-0.2, 0) is 11.3 Å². The molecule has 0 unspecified atom stereocenters. The van der Waals surface area contributed by atoms with Gasteiger partial charge in [-0.2, -0.15) is 0 Å². The van der Waals surface area contributed by atoms with E-state index in [1.165, 1.54) is 0 Å². The molecular formula is C23H27NO4. The minimum Gasteiger partial charge on any atom is -0.497 e. The highest BCUT2D eigenvalue weighted by molar-refractivity contribution is 5.98. The van der Waals surface area contributed by atoms with Crippen molar-refractivity contribution in [2.75, 3.05) is 20.3 Å². The first kappa shape index (κ1) is 21.2. The van der Waals surface area contributed by atoms with E-state index >= 15 is 0 Å². The van der Waals surface area contributed by atoms with E-state index in [0.717, 1.165) is 17.1 Å². The molecular weight excluding hydrogens is 354 g/mol. The van der Waals surface area contributed by atoms with Crippen molar-refractivity contribution in [3.63, 3.8) is 0 Å². The van der Waals surface area contributed by atoms with E-state index in [1.807, 2.05) is 31.2 Å². The summed E-state index contributed by atoms with van der Waals surface area (Å²) in [5.74, 6) is 1.37. The van der Waals surface area contributed by atoms with Gasteiger partial charge in [-0.15, -0.1) is 6.58 Å². The lowest BCUT2D eigenvalue weighted by Crippen LogP contribution is -2.30. The van der Waals surface area contributed by atoms with Crippen molar-refractivity contribution < 1.29 is 19.1 Å². The van der Waals surface area contributed by atoms with Gasteiger partial charge in [-0.25, -0.2) is 0 Å². The van der Waals surface area contributed by atoms with Crippen molar-refractivity contribution in [1.29, 1.82) is 0 Å². The van der Waals surface area contributed by atoms with Crippen LogP contribution in [0, 0.1) is 0 Å². The molecule has 0 heterocycles. The van der Waals surface area contributed by atoms with Gasteiger partial charge in [0.1, 0.15) is 11.5 Å². The lowest BCUT2D eigenvalue weighted by molar-refractivity contribution is -0.131. The molecule has 0 atom stereocenters. The molecule has 0 aromatic heterocycles. The Labute approximate surface area is 166 Å². The summed E-state index contributed by atoms with van der Waals surface area (Å²) in [6, 6.07) is 14.6. The van der Waals surface area contributed by atoms with Gasteiger partial charge in [0.2, 0.25) is 5.91 Å². The van der Waals surface area contributed by atoms with Crippen LogP contribution in [-0.4, -0.2) is 36.9 Å². The van der Waals surface area contributed by atoms with Crippen molar-refractivity contribution in [2.45, 2.75) is 26.3 Å². The molecule has 5 heteroatoms. The largest absolute Gasteiger partial charge is 0.497 e. The van der Waals surface area contributed by atoms with E-state index in [4.69, 9.17) is 9.47 Å². The van der Waals surface area contributed by atoms with E-state index in [9.17, 15) is 9.59 Å². The Morgan fingerprint density at radius 2 is 1.64 bits per heavy atom. The molecule has 0 saturated heterocycles. The first-order valence-corrected chi connectivity index (χ1v) is 9.35. The quantitative estimate of drug-likeness (QED) is 0.431. The highest BCUT2D eigenvalue weighted by Gasteiger charge is 2.15. The van der Waals surface area contributed by atoms with E-state index in [0.29, 0.717) is 25.3 Å². The van der Waals surface area contributed by atoms with Crippen molar-refractivity contribution in [2.24, 2.45) is 0 Å². The maximum Gasteiger partial charge on any atom is 0.223 e. The number of ketones is 1. The van der Waals surface area contributed by atoms with Gasteiger partial charge in [0, 0.05) is 31.5 Å². The second kappa shape index (κ2) is 10.9. The van der Waals surface area contributed by atoms with Crippen LogP contribution in [0.3, 0.4) is 0 Å². The first-order valence-electron chi connectivity index (χ1n) is 9.35. The summed E-state index contributed by atoms with van der Waals surface area (Å²) in [6.07, 6.45) is 2.02. The molecule has 1 amide bonds. The highest BCUT2D eigenvalue weighted by Crippen LogP contribution is 2.16. The zero-order chi connectivity index (χ0) is 20.4. The van der Waals surface area contributed by atoms with Gasteiger partial charge in [-0.3, -0.25) is 9.59 Å². The minimum absolute atomic E-state index is 0.0561. The summed E-state index contributed by atoms with van der Waals surface area (Å²) in [5, 5.41) is 0. The Kier molecular flexibility index (Phi) is 8.28. The van der Waals surface area contributed by atoms with Crippen LogP contribution in [0.1, 0.15) is 35.7 Å². The molecule has 0 spiro atoms. The normalized spacial score (nSPS) is 10.2. The molecule has 0 aliphatic carbocycles. The van der Waals surface area contributed by atoms with Gasteiger partial charge in [-0.05, 0) is 48.9 Å². The molecule has 0 fully saturated rings. The molecule has 2 rings (SSSR count). The Morgan fingerprint density at radius 3 is 2.21 bits per heavy atom. The molecule has 2 aromatic carbocycles. The number of methoxy groups -OCH3 is 1. The second-order valence-corrected chi connectivity index (χ2v) is 6.29. The number of carbonyl (C=O) groups excluding carboxylic acids is 2. The number of ether oxygens (including phenoxy) is 2. The van der Waals surface area contributed by atoms with Crippen LogP contribution < -0.4 is 9.47 Å². The third kappa shape index (κ3) is 6.27. The maximum atomic E-state index is 12.6. The van der Waals surface area contributed by atoms with Gasteiger partial charge >= 0.3 is 0 Å². The number of benzene rings is 2. The van der Waals surface area contributed by atoms with E-state index < -0.39 is 0 Å². The molecule has 2 aromatic rings. The molecule has 0 aliphatic heterocycles. The third-order valence-electron chi connectivity index (χ3n) is 4.29. The highest BCUT2D eigenvalue weighted by atomic mass is 16.5. The topological polar surface area (TPSA) is 55.8 Å². The van der Waals surface area contributed by atoms with Crippen molar-refractivity contribution in [3.8, 4) is 11.5 Å². The van der Waals surface area contributed by atoms with Crippen LogP contribution in [0.15, 0.2) is 61.2 Å². The monoisotopic (exact) mass is 381 g/mol. The fourth-order valence-corrected chi connectivity index (χ4v) is 2.79. The number of hydrogen-bond acceptors (Lipinski definition) is 4. The molecule has 148 valence electrons. The van der Waals surface area contributed by atoms with Gasteiger partial charge in [0.25, 0.3) is 0 Å². The minimum atomic E-state index is -0.0741. The number of nitrogens with zero attached hydrogens (tertiary/aromatic N) is 1. The Morgan fingerprint density at radius 1 is 1.00 bits per heavy atom. The lowest BCUT2D eigenvalue weighted by atomic mass is 10.1. The van der Waals surface area contributed by atoms with Crippen LogP contribution in [0.25, 0.3) is 0 Å². The van der Waals surface area contributed by atoms with Gasteiger partial charge < -0.3 is 14.4 Å². The molecule has 28 heavy (non-hydrogen) atoms. The van der Waals surface area contributed by atoms with Crippen molar-refractivity contribution in [1.82, 2.24) is 4.90 Å². The summed E-state index contributed by atoms with van der Waals surface area (Å²) >= 11 is 0. The Bertz CT molecular complexity index is 781. The SMILES string of the molecule is C=CCN(Cc1ccc(OC)cc1)C(=O)CCC(=O)c1ccc(OCC)cc1. The van der Waals surface area contributed by atoms with Crippen molar-refractivity contribution >= 4 is 11.7 Å². The number of amides is 1. The molecule has 0 radical (unpaired) electrons. The molecule has 0 aliphatic rings. The smallest absolute Gasteiger partial charge is 0.223 e. The average molecular weight is 381 g/mol. The van der Waals surface area contributed by atoms with Gasteiger partial charge in [0.05, 0.1) is 13.7 Å². The van der Waals surface area contributed by atoms with Crippen LogP contribution in [0.2, 0.25) is 0 Å². The van der Waals surface area contributed by atoms with Gasteiger partial charge in [-0.1, -0.05) is 18.2 Å². The zero-order valence-electron chi connectivity index (χ0n) is 16.5. The summed E-state index contributed by atoms with van der Waals surface area (Å²) in [4.78, 5) is 26.7. The summed E-state index contributed by atoms with van der Waals surface area (Å²) in [5.41, 5.74) is 1.58. The second-order valence-electron chi connectivity index (χ2n) is 6.29. The van der Waals surface area contributed by atoms with Crippen LogP contribution in [0.4, 0.5) is 0 Å². The summed E-state index contributed by atoms with van der Waals surface area (Å²) in [6.45, 7) is 7.11. The van der Waals surface area contributed by atoms with E-state index in [2.05, 4.69) is 6.58 Å². The number of hydrogen-bond donors (Lipinski definition) is 0. The summed E-state index contributed by atoms with van der Waals surface area (Å²) < 4.78 is 10.5.